The van der Waals surface area contributed by atoms with Crippen molar-refractivity contribution in [3.8, 4) is 11.4 Å². The van der Waals surface area contributed by atoms with E-state index in [2.05, 4.69) is 15.1 Å². The summed E-state index contributed by atoms with van der Waals surface area (Å²) in [5.74, 6) is 0.262. The number of anilines is 1. The van der Waals surface area contributed by atoms with Crippen molar-refractivity contribution in [1.82, 2.24) is 15.1 Å². The number of hydrogen-bond acceptors (Lipinski definition) is 5. The highest BCUT2D eigenvalue weighted by molar-refractivity contribution is 7.92. The average Bonchev–Trinajstić information content (AvgIpc) is 3.34. The van der Waals surface area contributed by atoms with Crippen molar-refractivity contribution >= 4 is 21.6 Å². The molecule has 1 amide bonds. The fourth-order valence-electron chi connectivity index (χ4n) is 3.30. The average molecular weight is 477 g/mol. The summed E-state index contributed by atoms with van der Waals surface area (Å²) >= 11 is 0. The zero-order valence-corrected chi connectivity index (χ0v) is 19.3. The number of amides is 1. The first-order valence-corrected chi connectivity index (χ1v) is 12.1. The second kappa shape index (κ2) is 10.2. The number of aromatic nitrogens is 2. The Labute approximate surface area is 198 Å². The third-order valence-corrected chi connectivity index (χ3v) is 6.46. The van der Waals surface area contributed by atoms with Gasteiger partial charge in [-0.15, -0.1) is 0 Å². The molecule has 8 nitrogen and oxygen atoms in total. The summed E-state index contributed by atoms with van der Waals surface area (Å²) in [6, 6.07) is 24.1. The van der Waals surface area contributed by atoms with E-state index >= 15 is 0 Å². The normalized spacial score (nSPS) is 11.1. The fraction of sp³-hybridized carbons (Fsp3) is 0.120. The van der Waals surface area contributed by atoms with Crippen LogP contribution in [-0.2, 0) is 16.4 Å². The minimum Gasteiger partial charge on any atom is -0.497 e. The van der Waals surface area contributed by atoms with Crippen molar-refractivity contribution in [2.45, 2.75) is 11.3 Å². The van der Waals surface area contributed by atoms with Gasteiger partial charge in [0.15, 0.2) is 0 Å². The highest BCUT2D eigenvalue weighted by Gasteiger charge is 2.17. The SMILES string of the molecule is COc1ccc(NS(=O)(=O)c2cccc(C(=O)NCCc3ccn(-c4ccccc4)n3)c2)cc1. The van der Waals surface area contributed by atoms with Gasteiger partial charge in [-0.2, -0.15) is 5.10 Å². The molecule has 0 saturated heterocycles. The molecule has 0 fully saturated rings. The molecule has 174 valence electrons. The Balaban J connectivity index is 1.36. The third kappa shape index (κ3) is 5.62. The summed E-state index contributed by atoms with van der Waals surface area (Å²) in [7, 11) is -2.32. The van der Waals surface area contributed by atoms with E-state index in [1.54, 1.807) is 41.1 Å². The molecule has 9 heteroatoms. The van der Waals surface area contributed by atoms with Gasteiger partial charge in [-0.05, 0) is 60.7 Å². The van der Waals surface area contributed by atoms with E-state index in [4.69, 9.17) is 4.74 Å². The lowest BCUT2D eigenvalue weighted by molar-refractivity contribution is 0.0954. The maximum absolute atomic E-state index is 12.8. The first-order chi connectivity index (χ1) is 16.4. The quantitative estimate of drug-likeness (QED) is 0.384. The summed E-state index contributed by atoms with van der Waals surface area (Å²) in [4.78, 5) is 12.6. The number of hydrogen-bond donors (Lipinski definition) is 2. The predicted octanol–water partition coefficient (Wildman–Crippen LogP) is 3.65. The number of carbonyl (C=O) groups is 1. The Morgan fingerprint density at radius 3 is 2.47 bits per heavy atom. The molecular formula is C25H24N4O4S. The molecule has 0 unspecified atom stereocenters. The largest absolute Gasteiger partial charge is 0.497 e. The number of benzene rings is 3. The van der Waals surface area contributed by atoms with Crippen molar-refractivity contribution in [2.75, 3.05) is 18.4 Å². The first-order valence-electron chi connectivity index (χ1n) is 10.6. The van der Waals surface area contributed by atoms with E-state index in [9.17, 15) is 13.2 Å². The Kier molecular flexibility index (Phi) is 6.93. The maximum Gasteiger partial charge on any atom is 0.261 e. The van der Waals surface area contributed by atoms with Gasteiger partial charge in [0.2, 0.25) is 0 Å². The van der Waals surface area contributed by atoms with Gasteiger partial charge in [0.05, 0.1) is 23.4 Å². The number of rotatable bonds is 9. The molecule has 0 saturated carbocycles. The third-order valence-electron chi connectivity index (χ3n) is 5.08. The summed E-state index contributed by atoms with van der Waals surface area (Å²) in [6.07, 6.45) is 2.42. The molecule has 3 aromatic carbocycles. The number of sulfonamides is 1. The van der Waals surface area contributed by atoms with Gasteiger partial charge in [0.25, 0.3) is 15.9 Å². The summed E-state index contributed by atoms with van der Waals surface area (Å²) in [6.45, 7) is 0.367. The zero-order chi connectivity index (χ0) is 24.0. The van der Waals surface area contributed by atoms with Crippen LogP contribution < -0.4 is 14.8 Å². The lowest BCUT2D eigenvalue weighted by Crippen LogP contribution is -2.26. The summed E-state index contributed by atoms with van der Waals surface area (Å²) in [5, 5.41) is 7.34. The van der Waals surface area contributed by atoms with Crippen LogP contribution in [0.4, 0.5) is 5.69 Å². The molecule has 4 aromatic rings. The number of methoxy groups -OCH3 is 1. The molecule has 0 aliphatic rings. The molecular weight excluding hydrogens is 452 g/mol. The molecule has 0 aliphatic heterocycles. The van der Waals surface area contributed by atoms with E-state index < -0.39 is 10.0 Å². The molecule has 34 heavy (non-hydrogen) atoms. The van der Waals surface area contributed by atoms with Crippen LogP contribution in [0.2, 0.25) is 0 Å². The van der Waals surface area contributed by atoms with Crippen molar-refractivity contribution < 1.29 is 17.9 Å². The van der Waals surface area contributed by atoms with Crippen LogP contribution in [0.3, 0.4) is 0 Å². The van der Waals surface area contributed by atoms with Crippen LogP contribution in [0.1, 0.15) is 16.1 Å². The van der Waals surface area contributed by atoms with Gasteiger partial charge in [-0.25, -0.2) is 13.1 Å². The van der Waals surface area contributed by atoms with Crippen molar-refractivity contribution in [3.63, 3.8) is 0 Å². The minimum absolute atomic E-state index is 0.00225. The topological polar surface area (TPSA) is 102 Å². The van der Waals surface area contributed by atoms with E-state index in [0.29, 0.717) is 24.4 Å². The molecule has 4 rings (SSSR count). The van der Waals surface area contributed by atoms with Crippen LogP contribution in [-0.4, -0.2) is 37.8 Å². The molecule has 0 bridgehead atoms. The number of carbonyl (C=O) groups excluding carboxylic acids is 1. The zero-order valence-electron chi connectivity index (χ0n) is 18.5. The van der Waals surface area contributed by atoms with Crippen LogP contribution in [0.15, 0.2) is 96.0 Å². The molecule has 0 spiro atoms. The van der Waals surface area contributed by atoms with Crippen LogP contribution in [0.5, 0.6) is 5.75 Å². The number of nitrogens with one attached hydrogen (secondary N) is 2. The number of para-hydroxylation sites is 1. The summed E-state index contributed by atoms with van der Waals surface area (Å²) in [5.41, 5.74) is 2.45. The van der Waals surface area contributed by atoms with E-state index in [1.165, 1.54) is 19.2 Å². The second-order valence-electron chi connectivity index (χ2n) is 7.45. The number of nitrogens with zero attached hydrogens (tertiary/aromatic N) is 2. The molecule has 0 radical (unpaired) electrons. The van der Waals surface area contributed by atoms with E-state index in [1.807, 2.05) is 42.6 Å². The summed E-state index contributed by atoms with van der Waals surface area (Å²) < 4.78 is 34.9. The second-order valence-corrected chi connectivity index (χ2v) is 9.14. The van der Waals surface area contributed by atoms with Crippen molar-refractivity contribution in [2.24, 2.45) is 0 Å². The predicted molar refractivity (Wildman–Crippen MR) is 130 cm³/mol. The van der Waals surface area contributed by atoms with Crippen LogP contribution in [0, 0.1) is 0 Å². The Bertz CT molecular complexity index is 1370. The fourth-order valence-corrected chi connectivity index (χ4v) is 4.41. The Morgan fingerprint density at radius 2 is 1.74 bits per heavy atom. The highest BCUT2D eigenvalue weighted by atomic mass is 32.2. The minimum atomic E-state index is -3.86. The standard InChI is InChI=1S/C25H24N4O4S/c1-33-23-12-10-21(11-13-23)28-34(31,32)24-9-5-6-19(18-24)25(30)26-16-14-20-15-17-29(27-20)22-7-3-2-4-8-22/h2-13,15,17-18,28H,14,16H2,1H3,(H,26,30). The van der Waals surface area contributed by atoms with Crippen molar-refractivity contribution in [1.29, 1.82) is 0 Å². The first kappa shape index (κ1) is 23.1. The Morgan fingerprint density at radius 1 is 0.971 bits per heavy atom. The smallest absolute Gasteiger partial charge is 0.261 e. The van der Waals surface area contributed by atoms with Gasteiger partial charge in [0, 0.05) is 30.4 Å². The van der Waals surface area contributed by atoms with Gasteiger partial charge in [0.1, 0.15) is 5.75 Å². The molecule has 0 atom stereocenters. The lowest BCUT2D eigenvalue weighted by Gasteiger charge is -2.10. The van der Waals surface area contributed by atoms with Crippen LogP contribution in [0.25, 0.3) is 5.69 Å². The maximum atomic E-state index is 12.8. The monoisotopic (exact) mass is 476 g/mol. The molecule has 2 N–H and O–H groups in total. The molecule has 1 heterocycles. The van der Waals surface area contributed by atoms with Gasteiger partial charge in [-0.1, -0.05) is 24.3 Å². The van der Waals surface area contributed by atoms with Gasteiger partial charge >= 0.3 is 0 Å². The molecule has 0 aliphatic carbocycles. The van der Waals surface area contributed by atoms with Gasteiger partial charge < -0.3 is 10.1 Å². The highest BCUT2D eigenvalue weighted by Crippen LogP contribution is 2.20. The van der Waals surface area contributed by atoms with E-state index in [-0.39, 0.29) is 16.4 Å². The van der Waals surface area contributed by atoms with Crippen molar-refractivity contribution in [3.05, 3.63) is 102 Å². The lowest BCUT2D eigenvalue weighted by atomic mass is 10.2. The van der Waals surface area contributed by atoms with E-state index in [0.717, 1.165) is 11.4 Å². The van der Waals surface area contributed by atoms with Gasteiger partial charge in [-0.3, -0.25) is 9.52 Å². The Hall–Kier alpha value is -4.11. The number of ether oxygens (including phenoxy) is 1. The van der Waals surface area contributed by atoms with Crippen LogP contribution >= 0.6 is 0 Å². The molecule has 1 aromatic heterocycles.